The molecule has 1 aliphatic rings. The Morgan fingerprint density at radius 2 is 2.23 bits per heavy atom. The highest BCUT2D eigenvalue weighted by Crippen LogP contribution is 2.16. The monoisotopic (exact) mass is 310 g/mol. The number of aliphatic imine (C=N–C) groups is 1. The van der Waals surface area contributed by atoms with Gasteiger partial charge in [0.25, 0.3) is 0 Å². The molecule has 1 aliphatic heterocycles. The molecule has 0 aliphatic carbocycles. The standard InChI is InChI=1S/C16H30N4O2/c1-4-10-17-16(19-13-15(21)20(2)3)18-11-7-9-14-8-5-6-12-22-14/h4,14H,1,5-13H2,2-3H3,(H2,17,18,19). The first-order chi connectivity index (χ1) is 10.6. The molecular formula is C16H30N4O2. The van der Waals surface area contributed by atoms with Gasteiger partial charge in [-0.25, -0.2) is 4.99 Å². The summed E-state index contributed by atoms with van der Waals surface area (Å²) in [4.78, 5) is 17.4. The second kappa shape index (κ2) is 11.1. The smallest absolute Gasteiger partial charge is 0.243 e. The van der Waals surface area contributed by atoms with E-state index in [4.69, 9.17) is 4.74 Å². The average molecular weight is 310 g/mol. The molecule has 22 heavy (non-hydrogen) atoms. The van der Waals surface area contributed by atoms with Crippen molar-refractivity contribution < 1.29 is 9.53 Å². The van der Waals surface area contributed by atoms with Crippen LogP contribution in [0.1, 0.15) is 32.1 Å². The normalized spacial score (nSPS) is 18.6. The molecule has 1 saturated heterocycles. The Hall–Kier alpha value is -1.56. The fraction of sp³-hybridized carbons (Fsp3) is 0.750. The molecule has 126 valence electrons. The summed E-state index contributed by atoms with van der Waals surface area (Å²) in [7, 11) is 3.46. The second-order valence-corrected chi connectivity index (χ2v) is 5.68. The van der Waals surface area contributed by atoms with E-state index in [9.17, 15) is 4.79 Å². The van der Waals surface area contributed by atoms with Gasteiger partial charge in [-0.05, 0) is 32.1 Å². The Morgan fingerprint density at radius 3 is 2.86 bits per heavy atom. The first kappa shape index (κ1) is 18.5. The number of hydrogen-bond acceptors (Lipinski definition) is 3. The predicted octanol–water partition coefficient (Wildman–Crippen LogP) is 1.15. The summed E-state index contributed by atoms with van der Waals surface area (Å²) in [6.07, 6.45) is 7.91. The van der Waals surface area contributed by atoms with Gasteiger partial charge in [0, 0.05) is 33.8 Å². The molecule has 0 saturated carbocycles. The van der Waals surface area contributed by atoms with Gasteiger partial charge in [-0.3, -0.25) is 4.79 Å². The van der Waals surface area contributed by atoms with Gasteiger partial charge in [-0.1, -0.05) is 6.08 Å². The Morgan fingerprint density at radius 1 is 1.41 bits per heavy atom. The van der Waals surface area contributed by atoms with Crippen molar-refractivity contribution in [1.29, 1.82) is 0 Å². The highest BCUT2D eigenvalue weighted by molar-refractivity contribution is 5.84. The zero-order chi connectivity index (χ0) is 16.2. The largest absolute Gasteiger partial charge is 0.378 e. The molecule has 0 bridgehead atoms. The van der Waals surface area contributed by atoms with Gasteiger partial charge in [0.15, 0.2) is 5.96 Å². The number of nitrogens with zero attached hydrogens (tertiary/aromatic N) is 2. The van der Waals surface area contributed by atoms with Gasteiger partial charge in [0.1, 0.15) is 6.54 Å². The third-order valence-electron chi connectivity index (χ3n) is 3.55. The van der Waals surface area contributed by atoms with E-state index in [0.717, 1.165) is 26.0 Å². The molecule has 1 amide bonds. The molecule has 0 aromatic rings. The van der Waals surface area contributed by atoms with E-state index in [-0.39, 0.29) is 12.5 Å². The lowest BCUT2D eigenvalue weighted by atomic mass is 10.0. The zero-order valence-electron chi connectivity index (χ0n) is 13.9. The third kappa shape index (κ3) is 8.02. The van der Waals surface area contributed by atoms with Crippen molar-refractivity contribution in [3.63, 3.8) is 0 Å². The first-order valence-corrected chi connectivity index (χ1v) is 8.08. The Labute approximate surface area is 134 Å². The van der Waals surface area contributed by atoms with Gasteiger partial charge < -0.3 is 20.3 Å². The summed E-state index contributed by atoms with van der Waals surface area (Å²) in [6.45, 7) is 6.16. The summed E-state index contributed by atoms with van der Waals surface area (Å²) in [6, 6.07) is 0. The Bertz CT molecular complexity index is 363. The number of guanidine groups is 1. The molecule has 1 unspecified atom stereocenters. The number of carbonyl (C=O) groups is 1. The van der Waals surface area contributed by atoms with E-state index < -0.39 is 0 Å². The average Bonchev–Trinajstić information content (AvgIpc) is 2.53. The minimum atomic E-state index is -0.0182. The van der Waals surface area contributed by atoms with Crippen LogP contribution in [-0.4, -0.2) is 63.2 Å². The van der Waals surface area contributed by atoms with Crippen molar-refractivity contribution in [2.24, 2.45) is 4.99 Å². The summed E-state index contributed by atoms with van der Waals surface area (Å²) in [5.41, 5.74) is 0. The fourth-order valence-corrected chi connectivity index (χ4v) is 2.20. The van der Waals surface area contributed by atoms with Gasteiger partial charge in [0.2, 0.25) is 5.91 Å². The summed E-state index contributed by atoms with van der Waals surface area (Å²) >= 11 is 0. The molecule has 1 rings (SSSR count). The lowest BCUT2D eigenvalue weighted by molar-refractivity contribution is -0.127. The van der Waals surface area contributed by atoms with Crippen molar-refractivity contribution in [1.82, 2.24) is 15.5 Å². The van der Waals surface area contributed by atoms with Crippen LogP contribution < -0.4 is 10.6 Å². The highest BCUT2D eigenvalue weighted by atomic mass is 16.5. The number of ether oxygens (including phenoxy) is 1. The molecule has 6 nitrogen and oxygen atoms in total. The van der Waals surface area contributed by atoms with Crippen LogP contribution in [-0.2, 0) is 9.53 Å². The maximum atomic E-state index is 11.6. The van der Waals surface area contributed by atoms with Crippen LogP contribution in [0.5, 0.6) is 0 Å². The second-order valence-electron chi connectivity index (χ2n) is 5.68. The molecule has 2 N–H and O–H groups in total. The summed E-state index contributed by atoms with van der Waals surface area (Å²) in [5, 5.41) is 6.37. The summed E-state index contributed by atoms with van der Waals surface area (Å²) < 4.78 is 5.72. The van der Waals surface area contributed by atoms with Crippen molar-refractivity contribution in [2.45, 2.75) is 38.2 Å². The van der Waals surface area contributed by atoms with E-state index in [1.165, 1.54) is 24.2 Å². The zero-order valence-corrected chi connectivity index (χ0v) is 13.9. The lowest BCUT2D eigenvalue weighted by Crippen LogP contribution is -2.39. The van der Waals surface area contributed by atoms with Gasteiger partial charge in [-0.2, -0.15) is 0 Å². The van der Waals surface area contributed by atoms with E-state index in [0.29, 0.717) is 18.6 Å². The number of rotatable bonds is 8. The molecule has 0 radical (unpaired) electrons. The van der Waals surface area contributed by atoms with Crippen LogP contribution in [0.2, 0.25) is 0 Å². The highest BCUT2D eigenvalue weighted by Gasteiger charge is 2.13. The van der Waals surface area contributed by atoms with E-state index in [2.05, 4.69) is 22.2 Å². The summed E-state index contributed by atoms with van der Waals surface area (Å²) in [5.74, 6) is 0.634. The van der Waals surface area contributed by atoms with Crippen molar-refractivity contribution in [3.05, 3.63) is 12.7 Å². The molecule has 6 heteroatoms. The molecular weight excluding hydrogens is 280 g/mol. The van der Waals surface area contributed by atoms with E-state index >= 15 is 0 Å². The van der Waals surface area contributed by atoms with Crippen molar-refractivity contribution >= 4 is 11.9 Å². The number of likely N-dealkylation sites (N-methyl/N-ethyl adjacent to an activating group) is 1. The maximum Gasteiger partial charge on any atom is 0.243 e. The van der Waals surface area contributed by atoms with Crippen molar-refractivity contribution in [2.75, 3.05) is 40.3 Å². The van der Waals surface area contributed by atoms with Crippen LogP contribution in [0.3, 0.4) is 0 Å². The van der Waals surface area contributed by atoms with Gasteiger partial charge >= 0.3 is 0 Å². The quantitative estimate of drug-likeness (QED) is 0.305. The lowest BCUT2D eigenvalue weighted by Gasteiger charge is -2.22. The van der Waals surface area contributed by atoms with E-state index in [1.807, 2.05) is 0 Å². The molecule has 1 fully saturated rings. The molecule has 0 aromatic carbocycles. The predicted molar refractivity (Wildman–Crippen MR) is 90.0 cm³/mol. The molecule has 0 spiro atoms. The fourth-order valence-electron chi connectivity index (χ4n) is 2.20. The molecule has 0 aromatic heterocycles. The van der Waals surface area contributed by atoms with Crippen LogP contribution in [0, 0.1) is 0 Å². The minimum Gasteiger partial charge on any atom is -0.378 e. The molecule has 1 atom stereocenters. The molecule has 1 heterocycles. The van der Waals surface area contributed by atoms with Crippen LogP contribution in [0.25, 0.3) is 0 Å². The third-order valence-corrected chi connectivity index (χ3v) is 3.55. The number of amides is 1. The Balaban J connectivity index is 2.28. The van der Waals surface area contributed by atoms with Crippen LogP contribution in [0.15, 0.2) is 17.6 Å². The maximum absolute atomic E-state index is 11.6. The van der Waals surface area contributed by atoms with Crippen molar-refractivity contribution in [3.8, 4) is 0 Å². The number of carbonyl (C=O) groups excluding carboxylic acids is 1. The Kier molecular flexibility index (Phi) is 9.30. The number of hydrogen-bond donors (Lipinski definition) is 2. The number of nitrogens with one attached hydrogen (secondary N) is 2. The van der Waals surface area contributed by atoms with Gasteiger partial charge in [-0.15, -0.1) is 6.58 Å². The van der Waals surface area contributed by atoms with Crippen LogP contribution in [0.4, 0.5) is 0 Å². The topological polar surface area (TPSA) is 66.0 Å². The van der Waals surface area contributed by atoms with E-state index in [1.54, 1.807) is 20.2 Å². The SMILES string of the molecule is C=CCNC(=NCC(=O)N(C)C)NCCCC1CCCCO1. The minimum absolute atomic E-state index is 0.0182. The van der Waals surface area contributed by atoms with Gasteiger partial charge in [0.05, 0.1) is 6.10 Å². The van der Waals surface area contributed by atoms with Crippen LogP contribution >= 0.6 is 0 Å². The first-order valence-electron chi connectivity index (χ1n) is 8.08.